The molecule has 0 saturated carbocycles. The predicted molar refractivity (Wildman–Crippen MR) is 60.1 cm³/mol. The lowest BCUT2D eigenvalue weighted by molar-refractivity contribution is -0.274. The zero-order valence-electron chi connectivity index (χ0n) is 9.61. The van der Waals surface area contributed by atoms with Crippen LogP contribution in [0.3, 0.4) is 0 Å². The van der Waals surface area contributed by atoms with Crippen molar-refractivity contribution in [2.45, 2.75) is 12.4 Å². The average Bonchev–Trinajstić information content (AvgIpc) is 2.59. The molecule has 7 heteroatoms. The minimum absolute atomic E-state index is 0.0371. The maximum Gasteiger partial charge on any atom is 0.573 e. The summed E-state index contributed by atoms with van der Waals surface area (Å²) in [5.74, 6) is 0.191. The van der Waals surface area contributed by atoms with Crippen molar-refractivity contribution in [2.24, 2.45) is 10.7 Å². The number of nitrogens with zero attached hydrogens (tertiary/aromatic N) is 2. The van der Waals surface area contributed by atoms with Gasteiger partial charge in [0.1, 0.15) is 5.75 Å². The van der Waals surface area contributed by atoms with Gasteiger partial charge in [0.25, 0.3) is 0 Å². The molecule has 0 fully saturated rings. The van der Waals surface area contributed by atoms with Crippen LogP contribution in [0.15, 0.2) is 29.3 Å². The Kier molecular flexibility index (Phi) is 3.06. The quantitative estimate of drug-likeness (QED) is 0.882. The van der Waals surface area contributed by atoms with Gasteiger partial charge in [0.15, 0.2) is 5.96 Å². The first kappa shape index (κ1) is 12.5. The van der Waals surface area contributed by atoms with E-state index in [0.29, 0.717) is 12.5 Å². The summed E-state index contributed by atoms with van der Waals surface area (Å²) in [4.78, 5) is 5.84. The highest BCUT2D eigenvalue weighted by Crippen LogP contribution is 2.27. The average molecular weight is 259 g/mol. The molecule has 4 nitrogen and oxygen atoms in total. The molecule has 0 saturated heterocycles. The van der Waals surface area contributed by atoms with E-state index in [1.165, 1.54) is 12.1 Å². The first-order valence-electron chi connectivity index (χ1n) is 5.25. The fourth-order valence-electron chi connectivity index (χ4n) is 1.79. The number of hydrogen-bond donors (Lipinski definition) is 1. The summed E-state index contributed by atoms with van der Waals surface area (Å²) in [6.07, 6.45) is -4.67. The van der Waals surface area contributed by atoms with Crippen LogP contribution in [0.4, 0.5) is 13.2 Å². The highest BCUT2D eigenvalue weighted by Gasteiger charge is 2.31. The van der Waals surface area contributed by atoms with E-state index in [2.05, 4.69) is 9.73 Å². The summed E-state index contributed by atoms with van der Waals surface area (Å²) in [7, 11) is 1.79. The van der Waals surface area contributed by atoms with Crippen molar-refractivity contribution in [3.63, 3.8) is 0 Å². The van der Waals surface area contributed by atoms with E-state index in [-0.39, 0.29) is 11.8 Å². The van der Waals surface area contributed by atoms with E-state index in [0.717, 1.165) is 5.56 Å². The van der Waals surface area contributed by atoms with Crippen LogP contribution >= 0.6 is 0 Å². The smallest absolute Gasteiger partial charge is 0.406 e. The lowest BCUT2D eigenvalue weighted by Gasteiger charge is -2.21. The molecule has 1 aliphatic rings. The third-order valence-electron chi connectivity index (χ3n) is 2.75. The molecule has 1 heterocycles. The fraction of sp³-hybridized carbons (Fsp3) is 0.364. The summed E-state index contributed by atoms with van der Waals surface area (Å²) in [6, 6.07) is 5.69. The molecule has 0 spiro atoms. The number of ether oxygens (including phenoxy) is 1. The van der Waals surface area contributed by atoms with Gasteiger partial charge in [-0.05, 0) is 17.7 Å². The summed E-state index contributed by atoms with van der Waals surface area (Å²) in [5.41, 5.74) is 6.47. The van der Waals surface area contributed by atoms with E-state index >= 15 is 0 Å². The number of hydrogen-bond acceptors (Lipinski definition) is 4. The van der Waals surface area contributed by atoms with E-state index in [1.54, 1.807) is 24.1 Å². The molecular weight excluding hydrogens is 247 g/mol. The largest absolute Gasteiger partial charge is 0.573 e. The van der Waals surface area contributed by atoms with Crippen LogP contribution < -0.4 is 10.5 Å². The number of rotatable bonds is 2. The molecule has 1 aromatic carbocycles. The van der Waals surface area contributed by atoms with Gasteiger partial charge in [-0.1, -0.05) is 12.1 Å². The van der Waals surface area contributed by atoms with Crippen LogP contribution in [0, 0.1) is 0 Å². The minimum atomic E-state index is -4.67. The van der Waals surface area contributed by atoms with Gasteiger partial charge in [-0.2, -0.15) is 0 Å². The highest BCUT2D eigenvalue weighted by atomic mass is 19.4. The van der Waals surface area contributed by atoms with E-state index < -0.39 is 6.36 Å². The number of guanidine groups is 1. The number of nitrogens with two attached hydrogens (primary N) is 1. The molecule has 0 radical (unpaired) electrons. The molecule has 18 heavy (non-hydrogen) atoms. The predicted octanol–water partition coefficient (Wildman–Crippen LogP) is 1.89. The maximum atomic E-state index is 12.0. The number of likely N-dealkylation sites (N-methyl/N-ethyl adjacent to an activating group) is 1. The number of aliphatic imine (C=N–C) groups is 1. The normalized spacial score (nSPS) is 19.9. The van der Waals surface area contributed by atoms with Gasteiger partial charge in [-0.3, -0.25) is 4.99 Å². The lowest BCUT2D eigenvalue weighted by atomic mass is 10.1. The second kappa shape index (κ2) is 4.40. The molecule has 0 amide bonds. The Morgan fingerprint density at radius 2 is 1.94 bits per heavy atom. The molecule has 0 bridgehead atoms. The molecular formula is C11H12F3N3O. The number of benzene rings is 1. The number of halogens is 3. The van der Waals surface area contributed by atoms with Gasteiger partial charge < -0.3 is 15.4 Å². The lowest BCUT2D eigenvalue weighted by Crippen LogP contribution is -2.32. The van der Waals surface area contributed by atoms with Crippen LogP contribution in [0.2, 0.25) is 0 Å². The first-order valence-corrected chi connectivity index (χ1v) is 5.25. The van der Waals surface area contributed by atoms with Crippen molar-refractivity contribution >= 4 is 5.96 Å². The molecule has 2 N–H and O–H groups in total. The summed E-state index contributed by atoms with van der Waals surface area (Å²) >= 11 is 0. The number of alkyl halides is 3. The van der Waals surface area contributed by atoms with Crippen molar-refractivity contribution < 1.29 is 17.9 Å². The molecule has 0 aromatic heterocycles. The van der Waals surface area contributed by atoms with Gasteiger partial charge >= 0.3 is 6.36 Å². The summed E-state index contributed by atoms with van der Waals surface area (Å²) in [5, 5.41) is 0. The molecule has 1 atom stereocenters. The zero-order chi connectivity index (χ0) is 13.3. The molecule has 0 aliphatic carbocycles. The monoisotopic (exact) mass is 259 g/mol. The third-order valence-corrected chi connectivity index (χ3v) is 2.75. The van der Waals surface area contributed by atoms with Crippen LogP contribution in [0.1, 0.15) is 11.6 Å². The summed E-state index contributed by atoms with van der Waals surface area (Å²) in [6.45, 7) is 0.502. The Morgan fingerprint density at radius 3 is 2.39 bits per heavy atom. The van der Waals surface area contributed by atoms with Crippen molar-refractivity contribution in [2.75, 3.05) is 13.6 Å². The van der Waals surface area contributed by atoms with Gasteiger partial charge in [-0.15, -0.1) is 13.2 Å². The third kappa shape index (κ3) is 2.66. The second-order valence-electron chi connectivity index (χ2n) is 3.94. The fourth-order valence-corrected chi connectivity index (χ4v) is 1.79. The second-order valence-corrected chi connectivity index (χ2v) is 3.94. The Hall–Kier alpha value is -1.92. The Bertz CT molecular complexity index is 456. The molecule has 98 valence electrons. The maximum absolute atomic E-state index is 12.0. The van der Waals surface area contributed by atoms with Crippen LogP contribution in [-0.2, 0) is 0 Å². The van der Waals surface area contributed by atoms with E-state index in [9.17, 15) is 13.2 Å². The Balaban J connectivity index is 2.09. The van der Waals surface area contributed by atoms with Crippen LogP contribution in [0.25, 0.3) is 0 Å². The van der Waals surface area contributed by atoms with E-state index in [4.69, 9.17) is 5.73 Å². The standard InChI is InChI=1S/C11H12F3N3O/c1-17-9(6-16-10(17)15)7-2-4-8(5-3-7)18-11(12,13)14/h2-5,9H,6H2,1H3,(H2,15,16). The van der Waals surface area contributed by atoms with Gasteiger partial charge in [-0.25, -0.2) is 0 Å². The van der Waals surface area contributed by atoms with Crippen molar-refractivity contribution in [1.29, 1.82) is 0 Å². The first-order chi connectivity index (χ1) is 8.37. The van der Waals surface area contributed by atoms with Crippen molar-refractivity contribution in [3.8, 4) is 5.75 Å². The molecule has 1 aromatic rings. The van der Waals surface area contributed by atoms with Gasteiger partial charge in [0.2, 0.25) is 0 Å². The molecule has 1 unspecified atom stereocenters. The highest BCUT2D eigenvalue weighted by molar-refractivity contribution is 5.80. The van der Waals surface area contributed by atoms with Crippen molar-refractivity contribution in [1.82, 2.24) is 4.90 Å². The molecule has 2 rings (SSSR count). The molecule has 1 aliphatic heterocycles. The van der Waals surface area contributed by atoms with Gasteiger partial charge in [0.05, 0.1) is 12.6 Å². The van der Waals surface area contributed by atoms with Crippen LogP contribution in [-0.4, -0.2) is 30.8 Å². The topological polar surface area (TPSA) is 50.8 Å². The van der Waals surface area contributed by atoms with Crippen LogP contribution in [0.5, 0.6) is 5.75 Å². The van der Waals surface area contributed by atoms with E-state index in [1.807, 2.05) is 0 Å². The van der Waals surface area contributed by atoms with Crippen molar-refractivity contribution in [3.05, 3.63) is 29.8 Å². The SMILES string of the molecule is CN1C(N)=NCC1c1ccc(OC(F)(F)F)cc1. The van der Waals surface area contributed by atoms with Gasteiger partial charge in [0, 0.05) is 7.05 Å². The summed E-state index contributed by atoms with van der Waals surface area (Å²) < 4.78 is 39.8. The zero-order valence-corrected chi connectivity index (χ0v) is 9.61. The Morgan fingerprint density at radius 1 is 1.33 bits per heavy atom. The Labute approximate surface area is 102 Å². The minimum Gasteiger partial charge on any atom is -0.406 e.